The summed E-state index contributed by atoms with van der Waals surface area (Å²) in [7, 11) is 0. The Hall–Kier alpha value is -0.240. The predicted molar refractivity (Wildman–Crippen MR) is 177 cm³/mol. The van der Waals surface area contributed by atoms with Gasteiger partial charge in [0.15, 0.2) is 0 Å². The topological polar surface area (TPSA) is 69.4 Å². The van der Waals surface area contributed by atoms with Crippen LogP contribution in [0, 0.1) is 0 Å². The predicted octanol–water partition coefficient (Wildman–Crippen LogP) is 6.55. The number of nitrogens with one attached hydrogen (secondary N) is 5. The molecule has 6 heterocycles. The fraction of sp³-hybridized carbons (Fsp3) is 1.00. The summed E-state index contributed by atoms with van der Waals surface area (Å²) in [4.78, 5) is 0. The van der Waals surface area contributed by atoms with Crippen molar-refractivity contribution in [2.24, 2.45) is 0 Å². The SMILES string of the molecule is C1CCCCC1.C1CCNC1.C1CCNCC1.C1CCNCC1.C1CCNCC1.C1CCNCC1.C1CCOC1. The minimum absolute atomic E-state index is 1.00. The average Bonchev–Trinajstić information content (AvgIpc) is 3.87. The van der Waals surface area contributed by atoms with Gasteiger partial charge in [-0.1, -0.05) is 64.2 Å². The molecule has 6 aliphatic heterocycles. The first-order valence-corrected chi connectivity index (χ1v) is 18.1. The first-order chi connectivity index (χ1) is 20.0. The van der Waals surface area contributed by atoms with E-state index in [1.807, 2.05) is 0 Å². The zero-order chi connectivity index (χ0) is 28.3. The summed E-state index contributed by atoms with van der Waals surface area (Å²) in [6, 6.07) is 0. The van der Waals surface area contributed by atoms with Gasteiger partial charge >= 0.3 is 0 Å². The molecule has 7 rings (SSSR count). The molecule has 6 saturated heterocycles. The second-order valence-corrected chi connectivity index (χ2v) is 12.1. The van der Waals surface area contributed by atoms with Crippen molar-refractivity contribution in [2.75, 3.05) is 78.7 Å². The Morgan fingerprint density at radius 2 is 0.375 bits per heavy atom. The van der Waals surface area contributed by atoms with Crippen molar-refractivity contribution >= 4 is 0 Å². The molecular formula is C34H73N5O. The van der Waals surface area contributed by atoms with Crippen LogP contribution >= 0.6 is 0 Å². The van der Waals surface area contributed by atoms with Gasteiger partial charge in [0.1, 0.15) is 0 Å². The molecule has 40 heavy (non-hydrogen) atoms. The van der Waals surface area contributed by atoms with Crippen molar-refractivity contribution < 1.29 is 4.74 Å². The summed E-state index contributed by atoms with van der Waals surface area (Å²) in [6.07, 6.45) is 31.2. The normalized spacial score (nSPS) is 24.0. The highest BCUT2D eigenvalue weighted by molar-refractivity contribution is 4.57. The van der Waals surface area contributed by atoms with Gasteiger partial charge in [0.05, 0.1) is 0 Å². The van der Waals surface area contributed by atoms with Gasteiger partial charge in [-0.05, 0) is 142 Å². The van der Waals surface area contributed by atoms with Crippen molar-refractivity contribution in [1.29, 1.82) is 0 Å². The Balaban J connectivity index is 0.000000234. The van der Waals surface area contributed by atoms with Crippen LogP contribution in [0.15, 0.2) is 0 Å². The molecule has 0 aromatic heterocycles. The highest BCUT2D eigenvalue weighted by atomic mass is 16.5. The van der Waals surface area contributed by atoms with E-state index in [0.29, 0.717) is 0 Å². The summed E-state index contributed by atoms with van der Waals surface area (Å²) >= 11 is 0. The maximum absolute atomic E-state index is 4.94. The summed E-state index contributed by atoms with van der Waals surface area (Å²) in [5.74, 6) is 0. The smallest absolute Gasteiger partial charge is 0.0466 e. The second kappa shape index (κ2) is 35.0. The van der Waals surface area contributed by atoms with Crippen molar-refractivity contribution in [2.45, 2.75) is 141 Å². The highest BCUT2D eigenvalue weighted by Gasteiger charge is 1.97. The van der Waals surface area contributed by atoms with Gasteiger partial charge in [-0.25, -0.2) is 0 Å². The van der Waals surface area contributed by atoms with Crippen LogP contribution in [0.5, 0.6) is 0 Å². The molecule has 0 amide bonds. The van der Waals surface area contributed by atoms with Crippen LogP contribution in [-0.2, 0) is 4.74 Å². The van der Waals surface area contributed by atoms with E-state index >= 15 is 0 Å². The van der Waals surface area contributed by atoms with Crippen LogP contribution < -0.4 is 26.6 Å². The fourth-order valence-electron chi connectivity index (χ4n) is 5.40. The second-order valence-electron chi connectivity index (χ2n) is 12.1. The molecule has 7 fully saturated rings. The molecule has 6 heteroatoms. The lowest BCUT2D eigenvalue weighted by Crippen LogP contribution is -2.21. The van der Waals surface area contributed by atoms with Gasteiger partial charge in [-0.2, -0.15) is 0 Å². The van der Waals surface area contributed by atoms with Gasteiger partial charge in [-0.3, -0.25) is 0 Å². The molecule has 0 radical (unpaired) electrons. The van der Waals surface area contributed by atoms with Crippen molar-refractivity contribution in [3.8, 4) is 0 Å². The van der Waals surface area contributed by atoms with E-state index in [1.54, 1.807) is 0 Å². The van der Waals surface area contributed by atoms with E-state index in [1.165, 1.54) is 207 Å². The Morgan fingerprint density at radius 3 is 0.475 bits per heavy atom. The number of hydrogen-bond acceptors (Lipinski definition) is 6. The molecule has 0 aromatic carbocycles. The molecular weight excluding hydrogens is 494 g/mol. The maximum Gasteiger partial charge on any atom is 0.0466 e. The molecule has 0 bridgehead atoms. The van der Waals surface area contributed by atoms with Gasteiger partial charge < -0.3 is 31.3 Å². The van der Waals surface area contributed by atoms with Crippen LogP contribution in [0.2, 0.25) is 0 Å². The van der Waals surface area contributed by atoms with E-state index < -0.39 is 0 Å². The summed E-state index contributed by atoms with van der Waals surface area (Å²) in [5.41, 5.74) is 0. The third-order valence-electron chi connectivity index (χ3n) is 8.11. The lowest BCUT2D eigenvalue weighted by Gasteiger charge is -2.08. The minimum atomic E-state index is 1.00. The van der Waals surface area contributed by atoms with Crippen LogP contribution in [0.25, 0.3) is 0 Å². The molecule has 0 atom stereocenters. The zero-order valence-corrected chi connectivity index (χ0v) is 26.9. The van der Waals surface area contributed by atoms with Gasteiger partial charge in [-0.15, -0.1) is 0 Å². The van der Waals surface area contributed by atoms with E-state index in [4.69, 9.17) is 4.74 Å². The van der Waals surface area contributed by atoms with Gasteiger partial charge in [0.25, 0.3) is 0 Å². The van der Waals surface area contributed by atoms with E-state index in [9.17, 15) is 0 Å². The molecule has 1 saturated carbocycles. The highest BCUT2D eigenvalue weighted by Crippen LogP contribution is 2.15. The van der Waals surface area contributed by atoms with E-state index in [0.717, 1.165) is 13.2 Å². The maximum atomic E-state index is 4.94. The third kappa shape index (κ3) is 32.3. The van der Waals surface area contributed by atoms with Crippen LogP contribution in [0.1, 0.15) is 141 Å². The van der Waals surface area contributed by atoms with Gasteiger partial charge in [0.2, 0.25) is 0 Å². The molecule has 1 aliphatic carbocycles. The number of ether oxygens (including phenoxy) is 1. The number of piperidine rings is 4. The zero-order valence-electron chi connectivity index (χ0n) is 26.9. The first-order valence-electron chi connectivity index (χ1n) is 18.1. The number of rotatable bonds is 0. The van der Waals surface area contributed by atoms with E-state index in [2.05, 4.69) is 26.6 Å². The Morgan fingerprint density at radius 1 is 0.200 bits per heavy atom. The Labute approximate surface area is 251 Å². The molecule has 240 valence electrons. The van der Waals surface area contributed by atoms with Crippen LogP contribution in [0.4, 0.5) is 0 Å². The summed E-state index contributed by atoms with van der Waals surface area (Å²) < 4.78 is 4.94. The molecule has 0 aromatic rings. The monoisotopic (exact) mass is 568 g/mol. The molecule has 7 aliphatic rings. The van der Waals surface area contributed by atoms with Crippen LogP contribution in [-0.4, -0.2) is 78.7 Å². The average molecular weight is 568 g/mol. The standard InChI is InChI=1S/C6H12.4C5H11N.C4H9N.C4H8O/c5*1-2-4-6-5-3-1;2*1-2-4-5-3-1/h1-6H2;4*6H,1-5H2;5H,1-4H2;1-4H2. The van der Waals surface area contributed by atoms with Crippen molar-refractivity contribution in [3.63, 3.8) is 0 Å². The lowest BCUT2D eigenvalue weighted by atomic mass is 10.0. The van der Waals surface area contributed by atoms with E-state index in [-0.39, 0.29) is 0 Å². The quantitative estimate of drug-likeness (QED) is 0.229. The third-order valence-corrected chi connectivity index (χ3v) is 8.11. The molecule has 5 N–H and O–H groups in total. The van der Waals surface area contributed by atoms with Crippen LogP contribution in [0.3, 0.4) is 0 Å². The molecule has 0 unspecified atom stereocenters. The minimum Gasteiger partial charge on any atom is -0.381 e. The summed E-state index contributed by atoms with van der Waals surface area (Å²) in [5, 5.41) is 16.4. The first kappa shape index (κ1) is 37.8. The Kier molecular flexibility index (Phi) is 33.0. The largest absolute Gasteiger partial charge is 0.381 e. The van der Waals surface area contributed by atoms with Gasteiger partial charge in [0, 0.05) is 13.2 Å². The van der Waals surface area contributed by atoms with Crippen molar-refractivity contribution in [1.82, 2.24) is 26.6 Å². The summed E-state index contributed by atoms with van der Waals surface area (Å²) in [6.45, 7) is 14.5. The fourth-order valence-corrected chi connectivity index (χ4v) is 5.40. The van der Waals surface area contributed by atoms with Crippen molar-refractivity contribution in [3.05, 3.63) is 0 Å². The number of hydrogen-bond donors (Lipinski definition) is 5. The molecule has 0 spiro atoms. The lowest BCUT2D eigenvalue weighted by molar-refractivity contribution is 0.198. The Bertz CT molecular complexity index is 274. The molecule has 6 nitrogen and oxygen atoms in total.